The molecule has 0 spiro atoms. The van der Waals surface area contributed by atoms with E-state index in [4.69, 9.17) is 23.7 Å². The molecule has 0 saturated heterocycles. The molecule has 1 atom stereocenters. The van der Waals surface area contributed by atoms with E-state index in [2.05, 4.69) is 4.99 Å². The van der Waals surface area contributed by atoms with Crippen molar-refractivity contribution in [2.24, 2.45) is 4.99 Å². The molecule has 9 nitrogen and oxygen atoms in total. The van der Waals surface area contributed by atoms with Gasteiger partial charge in [0.15, 0.2) is 16.3 Å². The second kappa shape index (κ2) is 9.54. The second-order valence-electron chi connectivity index (χ2n) is 8.02. The number of nitrogens with zero attached hydrogens (tertiary/aromatic N) is 2. The highest BCUT2D eigenvalue weighted by Crippen LogP contribution is 2.38. The number of thiazole rings is 1. The van der Waals surface area contributed by atoms with Gasteiger partial charge in [0.05, 0.1) is 36.6 Å². The van der Waals surface area contributed by atoms with E-state index in [0.717, 1.165) is 5.56 Å². The molecule has 5 rings (SSSR count). The number of rotatable bonds is 6. The van der Waals surface area contributed by atoms with Gasteiger partial charge in [-0.15, -0.1) is 0 Å². The average molecular weight is 509 g/mol. The van der Waals surface area contributed by atoms with Gasteiger partial charge in [0.25, 0.3) is 5.56 Å². The van der Waals surface area contributed by atoms with Gasteiger partial charge >= 0.3 is 5.97 Å². The highest BCUT2D eigenvalue weighted by Gasteiger charge is 2.35. The van der Waals surface area contributed by atoms with Crippen LogP contribution in [0.3, 0.4) is 0 Å². The zero-order valence-corrected chi connectivity index (χ0v) is 21.0. The molecule has 3 aromatic rings. The van der Waals surface area contributed by atoms with Crippen molar-refractivity contribution in [1.29, 1.82) is 0 Å². The summed E-state index contributed by atoms with van der Waals surface area (Å²) < 4.78 is 29.2. The first-order valence-electron chi connectivity index (χ1n) is 11.3. The molecule has 0 fully saturated rings. The molecule has 10 heteroatoms. The molecular weight excluding hydrogens is 484 g/mol. The molecule has 2 aromatic carbocycles. The van der Waals surface area contributed by atoms with Crippen LogP contribution < -0.4 is 33.8 Å². The van der Waals surface area contributed by atoms with Crippen molar-refractivity contribution < 1.29 is 28.5 Å². The first-order chi connectivity index (χ1) is 17.4. The Morgan fingerprint density at radius 3 is 2.72 bits per heavy atom. The maximum atomic E-state index is 13.8. The highest BCUT2D eigenvalue weighted by molar-refractivity contribution is 7.07. The maximum Gasteiger partial charge on any atom is 0.338 e. The minimum atomic E-state index is -0.816. The fourth-order valence-corrected chi connectivity index (χ4v) is 5.34. The predicted molar refractivity (Wildman–Crippen MR) is 133 cm³/mol. The fourth-order valence-electron chi connectivity index (χ4n) is 4.29. The van der Waals surface area contributed by atoms with E-state index >= 15 is 0 Å². The summed E-state index contributed by atoms with van der Waals surface area (Å²) in [6.07, 6.45) is 1.77. The van der Waals surface area contributed by atoms with E-state index in [1.165, 1.54) is 23.0 Å². The molecule has 2 aliphatic heterocycles. The van der Waals surface area contributed by atoms with E-state index in [9.17, 15) is 9.59 Å². The molecule has 2 aliphatic rings. The Morgan fingerprint density at radius 2 is 1.97 bits per heavy atom. The summed E-state index contributed by atoms with van der Waals surface area (Å²) in [6, 6.07) is 9.92. The Morgan fingerprint density at radius 1 is 1.17 bits per heavy atom. The zero-order valence-electron chi connectivity index (χ0n) is 20.2. The number of hydrogen-bond donors (Lipinski definition) is 0. The van der Waals surface area contributed by atoms with Crippen molar-refractivity contribution in [2.45, 2.75) is 19.9 Å². The molecule has 1 unspecified atom stereocenters. The molecule has 0 radical (unpaired) electrons. The van der Waals surface area contributed by atoms with Crippen molar-refractivity contribution in [3.8, 4) is 23.0 Å². The van der Waals surface area contributed by atoms with Crippen molar-refractivity contribution in [2.75, 3.05) is 27.6 Å². The van der Waals surface area contributed by atoms with E-state index in [0.29, 0.717) is 43.6 Å². The van der Waals surface area contributed by atoms with Gasteiger partial charge in [0.2, 0.25) is 6.79 Å². The van der Waals surface area contributed by atoms with Gasteiger partial charge in [-0.1, -0.05) is 17.4 Å². The minimum Gasteiger partial charge on any atom is -0.497 e. The fraction of sp³-hybridized carbons (Fsp3) is 0.269. The summed E-state index contributed by atoms with van der Waals surface area (Å²) in [5, 5.41) is 0. The summed E-state index contributed by atoms with van der Waals surface area (Å²) in [4.78, 5) is 32.0. The number of methoxy groups -OCH3 is 2. The van der Waals surface area contributed by atoms with E-state index in [-0.39, 0.29) is 24.5 Å². The number of aromatic nitrogens is 1. The van der Waals surface area contributed by atoms with Crippen LogP contribution >= 0.6 is 11.3 Å². The van der Waals surface area contributed by atoms with Gasteiger partial charge in [-0.25, -0.2) is 9.79 Å². The summed E-state index contributed by atoms with van der Waals surface area (Å²) in [6.45, 7) is 3.82. The first kappa shape index (κ1) is 23.7. The zero-order chi connectivity index (χ0) is 25.4. The summed E-state index contributed by atoms with van der Waals surface area (Å²) in [7, 11) is 3.09. The normalized spacial score (nSPS) is 16.4. The number of fused-ring (bicyclic) bond motifs is 2. The number of carbonyl (C=O) groups excluding carboxylic acids is 1. The van der Waals surface area contributed by atoms with Crippen LogP contribution in [0.5, 0.6) is 23.0 Å². The van der Waals surface area contributed by atoms with Crippen LogP contribution in [0.4, 0.5) is 0 Å². The molecule has 1 aromatic heterocycles. The van der Waals surface area contributed by atoms with Crippen molar-refractivity contribution in [3.05, 3.63) is 78.5 Å². The van der Waals surface area contributed by atoms with Crippen LogP contribution in [0.1, 0.15) is 31.0 Å². The van der Waals surface area contributed by atoms with Crippen LogP contribution in [-0.2, 0) is 9.53 Å². The number of allylic oxidation sites excluding steroid dienone is 1. The smallest absolute Gasteiger partial charge is 0.338 e. The van der Waals surface area contributed by atoms with Gasteiger partial charge in [-0.05, 0) is 55.8 Å². The number of esters is 1. The average Bonchev–Trinajstić information content (AvgIpc) is 3.46. The Hall–Kier alpha value is -4.05. The van der Waals surface area contributed by atoms with E-state index < -0.39 is 12.0 Å². The third kappa shape index (κ3) is 4.03. The lowest BCUT2D eigenvalue weighted by atomic mass is 9.94. The van der Waals surface area contributed by atoms with Crippen molar-refractivity contribution in [3.63, 3.8) is 0 Å². The van der Waals surface area contributed by atoms with E-state index in [1.54, 1.807) is 51.3 Å². The first-order valence-corrected chi connectivity index (χ1v) is 12.1. The Labute approximate surface area is 210 Å². The number of carbonyl (C=O) groups is 1. The van der Waals surface area contributed by atoms with Crippen LogP contribution in [0.15, 0.2) is 57.5 Å². The third-order valence-corrected chi connectivity index (χ3v) is 6.93. The van der Waals surface area contributed by atoms with Gasteiger partial charge in [-0.2, -0.15) is 0 Å². The third-order valence-electron chi connectivity index (χ3n) is 5.94. The molecule has 0 bridgehead atoms. The van der Waals surface area contributed by atoms with Crippen LogP contribution in [0, 0.1) is 0 Å². The predicted octanol–water partition coefficient (Wildman–Crippen LogP) is 2.54. The molecular formula is C26H24N2O7S. The minimum absolute atomic E-state index is 0.166. The van der Waals surface area contributed by atoms with Gasteiger partial charge < -0.3 is 23.7 Å². The van der Waals surface area contributed by atoms with Gasteiger partial charge in [0.1, 0.15) is 17.5 Å². The van der Waals surface area contributed by atoms with Crippen LogP contribution in [-0.4, -0.2) is 38.2 Å². The van der Waals surface area contributed by atoms with Crippen molar-refractivity contribution in [1.82, 2.24) is 4.57 Å². The topological polar surface area (TPSA) is 97.6 Å². The number of benzene rings is 2. The molecule has 186 valence electrons. The summed E-state index contributed by atoms with van der Waals surface area (Å²) in [5.74, 6) is 1.80. The summed E-state index contributed by atoms with van der Waals surface area (Å²) >= 11 is 1.24. The quantitative estimate of drug-likeness (QED) is 0.472. The van der Waals surface area contributed by atoms with Crippen LogP contribution in [0.2, 0.25) is 0 Å². The standard InChI is InChI=1S/C26H24N2O7S/c1-5-33-25(30)22-14(2)27-26-28(23(22)17-12-16(31-3)7-9-18(17)32-4)24(29)21(36-26)11-15-6-8-19-20(10-15)35-13-34-19/h6-12,23H,5,13H2,1-4H3/b21-11-. The van der Waals surface area contributed by atoms with Gasteiger partial charge in [-0.3, -0.25) is 9.36 Å². The Balaban J connectivity index is 1.74. The number of ether oxygens (including phenoxy) is 5. The van der Waals surface area contributed by atoms with Crippen LogP contribution in [0.25, 0.3) is 6.08 Å². The molecule has 0 saturated carbocycles. The second-order valence-corrected chi connectivity index (χ2v) is 9.03. The lowest BCUT2D eigenvalue weighted by Crippen LogP contribution is -2.40. The molecule has 0 N–H and O–H groups in total. The number of hydrogen-bond acceptors (Lipinski definition) is 9. The Bertz CT molecular complexity index is 1570. The lowest BCUT2D eigenvalue weighted by Gasteiger charge is -2.26. The molecule has 0 amide bonds. The largest absolute Gasteiger partial charge is 0.497 e. The SMILES string of the molecule is CCOC(=O)C1=C(C)N=c2s/c(=C\c3ccc4c(c3)OCO4)c(=O)n2C1c1cc(OC)ccc1OC. The Kier molecular flexibility index (Phi) is 6.27. The van der Waals surface area contributed by atoms with Gasteiger partial charge in [0, 0.05) is 5.56 Å². The molecule has 0 aliphatic carbocycles. The molecule has 3 heterocycles. The monoisotopic (exact) mass is 508 g/mol. The maximum absolute atomic E-state index is 13.8. The highest BCUT2D eigenvalue weighted by atomic mass is 32.1. The lowest BCUT2D eigenvalue weighted by molar-refractivity contribution is -0.139. The van der Waals surface area contributed by atoms with E-state index in [1.807, 2.05) is 12.1 Å². The van der Waals surface area contributed by atoms with Crippen molar-refractivity contribution >= 4 is 23.4 Å². The molecule has 36 heavy (non-hydrogen) atoms. The summed E-state index contributed by atoms with van der Waals surface area (Å²) in [5.41, 5.74) is 1.82.